The molecule has 0 aliphatic carbocycles. The predicted molar refractivity (Wildman–Crippen MR) is 61.3 cm³/mol. The Morgan fingerprint density at radius 1 is 1.53 bits per heavy atom. The average Bonchev–Trinajstić information content (AvgIpc) is 2.72. The fourth-order valence-corrected chi connectivity index (χ4v) is 1.84. The Morgan fingerprint density at radius 2 is 2.35 bits per heavy atom. The predicted octanol–water partition coefficient (Wildman–Crippen LogP) is -0.178. The van der Waals surface area contributed by atoms with E-state index in [9.17, 15) is 4.79 Å². The second-order valence-electron chi connectivity index (χ2n) is 4.19. The minimum Gasteiger partial charge on any atom is -0.407 e. The van der Waals surface area contributed by atoms with E-state index < -0.39 is 0 Å². The van der Waals surface area contributed by atoms with Gasteiger partial charge in [-0.1, -0.05) is 5.10 Å². The molecule has 1 atom stereocenters. The number of amides is 1. The first-order valence-electron chi connectivity index (χ1n) is 5.66. The number of hydrogen-bond donors (Lipinski definition) is 2. The number of hydrogen-bond acceptors (Lipinski definition) is 6. The largest absolute Gasteiger partial charge is 0.407 e. The third-order valence-electron chi connectivity index (χ3n) is 2.75. The Bertz CT molecular complexity index is 392. The molecule has 0 radical (unpaired) electrons. The number of rotatable bonds is 4. The fourth-order valence-electron chi connectivity index (χ4n) is 1.84. The Kier molecular flexibility index (Phi) is 3.58. The fraction of sp³-hybridized carbons (Fsp3) is 0.700. The molecule has 2 N–H and O–H groups in total. The summed E-state index contributed by atoms with van der Waals surface area (Å²) >= 11 is 0. The molecule has 1 aliphatic heterocycles. The van der Waals surface area contributed by atoms with Crippen LogP contribution in [0.4, 0.5) is 6.01 Å². The van der Waals surface area contributed by atoms with Gasteiger partial charge in [0, 0.05) is 26.1 Å². The van der Waals surface area contributed by atoms with E-state index in [1.807, 2.05) is 7.05 Å². The van der Waals surface area contributed by atoms with Gasteiger partial charge in [0.1, 0.15) is 0 Å². The SMILES string of the molecule is CNCc1nnc(NC2CCC(=O)N(C)C2)o1. The van der Waals surface area contributed by atoms with Crippen molar-refractivity contribution in [3.63, 3.8) is 0 Å². The van der Waals surface area contributed by atoms with E-state index in [1.54, 1.807) is 11.9 Å². The highest BCUT2D eigenvalue weighted by molar-refractivity contribution is 5.76. The zero-order valence-electron chi connectivity index (χ0n) is 10.1. The lowest BCUT2D eigenvalue weighted by atomic mass is 10.1. The Morgan fingerprint density at radius 3 is 3.06 bits per heavy atom. The van der Waals surface area contributed by atoms with Crippen LogP contribution in [0.1, 0.15) is 18.7 Å². The van der Waals surface area contributed by atoms with Crippen molar-refractivity contribution in [2.45, 2.75) is 25.4 Å². The number of carbonyl (C=O) groups is 1. The number of aromatic nitrogens is 2. The van der Waals surface area contributed by atoms with Crippen molar-refractivity contribution < 1.29 is 9.21 Å². The first-order chi connectivity index (χ1) is 8.19. The third kappa shape index (κ3) is 2.94. The van der Waals surface area contributed by atoms with Gasteiger partial charge in [-0.2, -0.15) is 0 Å². The second-order valence-corrected chi connectivity index (χ2v) is 4.19. The highest BCUT2D eigenvalue weighted by Crippen LogP contribution is 2.15. The van der Waals surface area contributed by atoms with Gasteiger partial charge in [-0.25, -0.2) is 0 Å². The normalized spacial score (nSPS) is 20.7. The lowest BCUT2D eigenvalue weighted by Gasteiger charge is -2.29. The maximum Gasteiger partial charge on any atom is 0.315 e. The molecule has 1 fully saturated rings. The van der Waals surface area contributed by atoms with Gasteiger partial charge in [-0.3, -0.25) is 4.79 Å². The van der Waals surface area contributed by atoms with E-state index in [0.29, 0.717) is 31.4 Å². The molecule has 1 aromatic rings. The van der Waals surface area contributed by atoms with Gasteiger partial charge in [0.25, 0.3) is 0 Å². The molecule has 0 aromatic carbocycles. The Labute approximate surface area is 99.6 Å². The summed E-state index contributed by atoms with van der Waals surface area (Å²) < 4.78 is 5.39. The van der Waals surface area contributed by atoms with Crippen LogP contribution < -0.4 is 10.6 Å². The van der Waals surface area contributed by atoms with Gasteiger partial charge in [0.15, 0.2) is 0 Å². The number of piperidine rings is 1. The lowest BCUT2D eigenvalue weighted by molar-refractivity contribution is -0.132. The smallest absolute Gasteiger partial charge is 0.315 e. The van der Waals surface area contributed by atoms with Crippen LogP contribution in [0.25, 0.3) is 0 Å². The molecule has 1 amide bonds. The number of anilines is 1. The van der Waals surface area contributed by atoms with Gasteiger partial charge in [0.05, 0.1) is 6.54 Å². The van der Waals surface area contributed by atoms with Gasteiger partial charge in [0.2, 0.25) is 11.8 Å². The molecule has 1 aromatic heterocycles. The number of nitrogens with one attached hydrogen (secondary N) is 2. The monoisotopic (exact) mass is 239 g/mol. The number of carbonyl (C=O) groups excluding carboxylic acids is 1. The summed E-state index contributed by atoms with van der Waals surface area (Å²) in [6, 6.07) is 0.601. The summed E-state index contributed by atoms with van der Waals surface area (Å²) in [5.74, 6) is 0.736. The molecule has 7 nitrogen and oxygen atoms in total. The number of nitrogens with zero attached hydrogens (tertiary/aromatic N) is 3. The molecule has 0 bridgehead atoms. The van der Waals surface area contributed by atoms with Crippen molar-refractivity contribution in [3.05, 3.63) is 5.89 Å². The highest BCUT2D eigenvalue weighted by Gasteiger charge is 2.23. The van der Waals surface area contributed by atoms with Gasteiger partial charge in [-0.15, -0.1) is 5.10 Å². The van der Waals surface area contributed by atoms with Crippen molar-refractivity contribution in [1.29, 1.82) is 0 Å². The summed E-state index contributed by atoms with van der Waals surface area (Å²) in [7, 11) is 3.62. The topological polar surface area (TPSA) is 83.3 Å². The summed E-state index contributed by atoms with van der Waals surface area (Å²) in [5.41, 5.74) is 0. The molecular formula is C10H17N5O2. The van der Waals surface area contributed by atoms with E-state index >= 15 is 0 Å². The molecule has 0 saturated carbocycles. The molecule has 7 heteroatoms. The third-order valence-corrected chi connectivity index (χ3v) is 2.75. The van der Waals surface area contributed by atoms with Crippen LogP contribution in [-0.2, 0) is 11.3 Å². The van der Waals surface area contributed by atoms with E-state index in [2.05, 4.69) is 20.8 Å². The molecule has 2 heterocycles. The molecular weight excluding hydrogens is 222 g/mol. The van der Waals surface area contributed by atoms with Gasteiger partial charge < -0.3 is 20.0 Å². The Hall–Kier alpha value is -1.63. The van der Waals surface area contributed by atoms with E-state index in [4.69, 9.17) is 4.42 Å². The van der Waals surface area contributed by atoms with Crippen LogP contribution in [0, 0.1) is 0 Å². The molecule has 1 aliphatic rings. The quantitative estimate of drug-likeness (QED) is 0.758. The minimum atomic E-state index is 0.181. The molecule has 17 heavy (non-hydrogen) atoms. The lowest BCUT2D eigenvalue weighted by Crippen LogP contribution is -2.43. The Balaban J connectivity index is 1.89. The molecule has 0 spiro atoms. The van der Waals surface area contributed by atoms with Crippen LogP contribution in [0.3, 0.4) is 0 Å². The van der Waals surface area contributed by atoms with Crippen molar-refractivity contribution in [2.75, 3.05) is 26.0 Å². The maximum absolute atomic E-state index is 11.3. The molecule has 1 saturated heterocycles. The summed E-state index contributed by atoms with van der Waals surface area (Å²) in [5, 5.41) is 13.9. The van der Waals surface area contributed by atoms with E-state index in [1.165, 1.54) is 0 Å². The molecule has 94 valence electrons. The first-order valence-corrected chi connectivity index (χ1v) is 5.66. The summed E-state index contributed by atoms with van der Waals surface area (Å²) in [4.78, 5) is 13.0. The number of likely N-dealkylation sites (tertiary alicyclic amines) is 1. The number of likely N-dealkylation sites (N-methyl/N-ethyl adjacent to an activating group) is 1. The van der Waals surface area contributed by atoms with Crippen molar-refractivity contribution in [3.8, 4) is 0 Å². The van der Waals surface area contributed by atoms with Crippen LogP contribution in [0.2, 0.25) is 0 Å². The van der Waals surface area contributed by atoms with E-state index in [0.717, 1.165) is 6.42 Å². The van der Waals surface area contributed by atoms with Crippen LogP contribution >= 0.6 is 0 Å². The molecule has 1 unspecified atom stereocenters. The van der Waals surface area contributed by atoms with Gasteiger partial charge >= 0.3 is 6.01 Å². The van der Waals surface area contributed by atoms with Crippen molar-refractivity contribution >= 4 is 11.9 Å². The zero-order valence-corrected chi connectivity index (χ0v) is 10.1. The van der Waals surface area contributed by atoms with Crippen molar-refractivity contribution in [1.82, 2.24) is 20.4 Å². The summed E-state index contributed by atoms with van der Waals surface area (Å²) in [6.07, 6.45) is 1.36. The minimum absolute atomic E-state index is 0.181. The highest BCUT2D eigenvalue weighted by atomic mass is 16.4. The van der Waals surface area contributed by atoms with Crippen LogP contribution in [0.15, 0.2) is 4.42 Å². The standard InChI is InChI=1S/C10H17N5O2/c1-11-5-8-13-14-10(17-8)12-7-3-4-9(16)15(2)6-7/h7,11H,3-6H2,1-2H3,(H,12,14). The van der Waals surface area contributed by atoms with Crippen molar-refractivity contribution in [2.24, 2.45) is 0 Å². The summed E-state index contributed by atoms with van der Waals surface area (Å²) in [6.45, 7) is 1.22. The average molecular weight is 239 g/mol. The van der Waals surface area contributed by atoms with Crippen LogP contribution in [0.5, 0.6) is 0 Å². The maximum atomic E-state index is 11.3. The first kappa shape index (κ1) is 11.8. The zero-order chi connectivity index (χ0) is 12.3. The van der Waals surface area contributed by atoms with Crippen LogP contribution in [-0.4, -0.2) is 47.7 Å². The molecule has 2 rings (SSSR count). The van der Waals surface area contributed by atoms with E-state index in [-0.39, 0.29) is 11.9 Å². The van der Waals surface area contributed by atoms with Gasteiger partial charge in [-0.05, 0) is 13.5 Å². The second kappa shape index (κ2) is 5.13.